The Balaban J connectivity index is 1.75. The Morgan fingerprint density at radius 2 is 1.11 bits per heavy atom. The van der Waals surface area contributed by atoms with Crippen LogP contribution in [0.5, 0.6) is 0 Å². The van der Waals surface area contributed by atoms with Crippen molar-refractivity contribution in [3.8, 4) is 0 Å². The van der Waals surface area contributed by atoms with Crippen LogP contribution >= 0.6 is 0 Å². The predicted molar refractivity (Wildman–Crippen MR) is 354 cm³/mol. The summed E-state index contributed by atoms with van der Waals surface area (Å²) in [6.45, 7) is 10.0. The second-order valence-corrected chi connectivity index (χ2v) is 26.6. The molecule has 2 heterocycles. The van der Waals surface area contributed by atoms with E-state index < -0.39 is 169 Å². The van der Waals surface area contributed by atoms with Gasteiger partial charge in [0.25, 0.3) is 0 Å². The van der Waals surface area contributed by atoms with E-state index in [1.807, 2.05) is 42.5 Å². The lowest BCUT2D eigenvalue weighted by molar-refractivity contribution is -0.234. The zero-order valence-corrected chi connectivity index (χ0v) is 55.9. The van der Waals surface area contributed by atoms with Crippen LogP contribution in [-0.4, -0.2) is 268 Å². The summed E-state index contributed by atoms with van der Waals surface area (Å²) < 4.78 is 45.4. The molecule has 2 saturated heterocycles. The second kappa shape index (κ2) is 47.7. The summed E-state index contributed by atoms with van der Waals surface area (Å²) in [4.78, 5) is 0. The van der Waals surface area contributed by atoms with Gasteiger partial charge in [-0.15, -0.1) is 6.58 Å². The molecule has 95 heavy (non-hydrogen) atoms. The van der Waals surface area contributed by atoms with E-state index in [-0.39, 0.29) is 76.2 Å². The SMILES string of the molecule is C=CCC/C=C/C=C/C=C/CC/C=C/C(O)C(O)C1OC(C(O)C(O)C(=C)CCC(O)C2CC(O)C(O)C(C(O)C(O)/C=C(\C)CCC(O)CC(O)C(O)[C@@H](C)CC(O)C(O)CCCCCC(O)CCCC(O)/C=C/CC(O)/C=C/CC(O)COS(=O)(=O)O)O2)CC(O)C1O. The Hall–Kier alpha value is -3.35. The number of unbranched alkanes of at least 4 members (excludes halogenated alkanes) is 4. The van der Waals surface area contributed by atoms with Crippen LogP contribution < -0.4 is 0 Å². The second-order valence-electron chi connectivity index (χ2n) is 25.5. The molecule has 2 aliphatic rings. The maximum atomic E-state index is 11.2. The van der Waals surface area contributed by atoms with Crippen LogP contribution in [0.25, 0.3) is 0 Å². The number of ether oxygens (including phenoxy) is 2. The Bertz CT molecular complexity index is 2420. The van der Waals surface area contributed by atoms with E-state index in [1.54, 1.807) is 26.0 Å². The predicted octanol–water partition coefficient (Wildman–Crippen LogP) is 0.803. The zero-order chi connectivity index (χ0) is 71.4. The molecule has 0 amide bonds. The van der Waals surface area contributed by atoms with Crippen molar-refractivity contribution in [2.75, 3.05) is 6.61 Å². The molecule has 0 bridgehead atoms. The number of aliphatic hydroxyl groups is 20. The van der Waals surface area contributed by atoms with Crippen LogP contribution in [0.3, 0.4) is 0 Å². The Morgan fingerprint density at radius 3 is 1.74 bits per heavy atom. The van der Waals surface area contributed by atoms with Crippen LogP contribution in [0.1, 0.15) is 155 Å². The van der Waals surface area contributed by atoms with Gasteiger partial charge >= 0.3 is 10.4 Å². The van der Waals surface area contributed by atoms with Crippen molar-refractivity contribution in [2.45, 2.75) is 302 Å². The van der Waals surface area contributed by atoms with Gasteiger partial charge in [0.05, 0.1) is 92.1 Å². The zero-order valence-electron chi connectivity index (χ0n) is 55.0. The fourth-order valence-electron chi connectivity index (χ4n) is 11.1. The first-order valence-electron chi connectivity index (χ1n) is 33.3. The van der Waals surface area contributed by atoms with Crippen LogP contribution in [0.15, 0.2) is 109 Å². The van der Waals surface area contributed by atoms with E-state index in [4.69, 9.17) is 14.0 Å². The highest BCUT2D eigenvalue weighted by molar-refractivity contribution is 7.80. The highest BCUT2D eigenvalue weighted by Gasteiger charge is 2.47. The summed E-state index contributed by atoms with van der Waals surface area (Å²) in [5.41, 5.74) is 0.465. The van der Waals surface area contributed by atoms with Crippen LogP contribution in [0.4, 0.5) is 0 Å². The number of aliphatic hydroxyl groups excluding tert-OH is 20. The normalized spacial score (nSPS) is 26.7. The third-order valence-corrected chi connectivity index (χ3v) is 17.5. The molecular weight excluding hydrogens is 1260 g/mol. The molecule has 550 valence electrons. The minimum Gasteiger partial charge on any atom is -0.393 e. The van der Waals surface area contributed by atoms with E-state index in [2.05, 4.69) is 17.3 Å². The Morgan fingerprint density at radius 1 is 0.547 bits per heavy atom. The molecule has 21 N–H and O–H groups in total. The lowest BCUT2D eigenvalue weighted by Crippen LogP contribution is -2.59. The first-order valence-corrected chi connectivity index (χ1v) is 34.6. The molecule has 2 fully saturated rings. The van der Waals surface area contributed by atoms with Crippen molar-refractivity contribution in [1.29, 1.82) is 0 Å². The van der Waals surface area contributed by atoms with Gasteiger partial charge in [0.1, 0.15) is 61.0 Å². The molecule has 24 unspecified atom stereocenters. The molecule has 0 aliphatic carbocycles. The van der Waals surface area contributed by atoms with E-state index in [0.717, 1.165) is 12.8 Å². The third kappa shape index (κ3) is 36.0. The first kappa shape index (κ1) is 87.7. The molecule has 2 aliphatic heterocycles. The van der Waals surface area contributed by atoms with Crippen molar-refractivity contribution >= 4 is 10.4 Å². The smallest absolute Gasteiger partial charge is 0.393 e. The molecule has 0 radical (unpaired) electrons. The van der Waals surface area contributed by atoms with Gasteiger partial charge in [-0.2, -0.15) is 8.42 Å². The fourth-order valence-corrected chi connectivity index (χ4v) is 11.4. The summed E-state index contributed by atoms with van der Waals surface area (Å²) in [6.07, 6.45) is -4.26. The van der Waals surface area contributed by atoms with Crippen LogP contribution in [0.2, 0.25) is 0 Å². The highest BCUT2D eigenvalue weighted by Crippen LogP contribution is 2.32. The lowest BCUT2D eigenvalue weighted by Gasteiger charge is -2.42. The maximum Gasteiger partial charge on any atom is 0.397 e. The number of hydrogen-bond donors (Lipinski definition) is 21. The molecule has 0 aromatic carbocycles. The molecule has 0 aromatic heterocycles. The monoisotopic (exact) mass is 1380 g/mol. The standard InChI is InChI=1S/C68H116O26S/c1-5-6-7-8-9-10-11-12-13-14-15-18-31-52(76)62(84)67-65(87)57(81)40-59(94-67)66(88)61(83)43(3)33-35-51(75)58-39-56(80)64(86)68(93-58)63(85)54(78)36-42(2)32-34-48(72)38-55(79)60(82)44(4)37-53(77)50(74)30-19-16-17-23-45(69)24-20-25-46(70)26-21-27-47(71)28-22-29-49(73)41-92-95(89,90)91/h5,8-13,18,21-22,26,28,31,36,44-88H,1,3,6-7,14-17,19-20,23-25,27,29-30,32-35,37-41H2,2,4H3,(H,89,90,91)/b9-8+,11-10+,13-12+,26-21+,28-22+,31-18+,42-36+/t44-,45?,46?,47?,48?,49?,50?,51?,52?,53?,54?,55?,56?,57?,58?,59?,60?,61?,62?,63?,64?,65?,66?,67?,68?/m0/s1. The van der Waals surface area contributed by atoms with Crippen molar-refractivity contribution in [2.24, 2.45) is 5.92 Å². The molecule has 26 nitrogen and oxygen atoms in total. The van der Waals surface area contributed by atoms with Gasteiger partial charge in [0.2, 0.25) is 0 Å². The van der Waals surface area contributed by atoms with E-state index >= 15 is 0 Å². The van der Waals surface area contributed by atoms with Gasteiger partial charge in [0.15, 0.2) is 0 Å². The van der Waals surface area contributed by atoms with Crippen molar-refractivity contribution in [3.05, 3.63) is 109 Å². The quantitative estimate of drug-likeness (QED) is 0.0173. The summed E-state index contributed by atoms with van der Waals surface area (Å²) in [6, 6.07) is 0. The molecule has 0 saturated carbocycles. The van der Waals surface area contributed by atoms with Crippen LogP contribution in [0, 0.1) is 5.92 Å². The minimum absolute atomic E-state index is 0.000688. The Kier molecular flexibility index (Phi) is 44.0. The number of rotatable bonds is 50. The average Bonchev–Trinajstić information content (AvgIpc) is 0.822. The average molecular weight is 1380 g/mol. The first-order chi connectivity index (χ1) is 44.8. The topological polar surface area (TPSA) is 487 Å². The molecule has 0 aromatic rings. The van der Waals surface area contributed by atoms with Crippen molar-refractivity contribution in [3.63, 3.8) is 0 Å². The van der Waals surface area contributed by atoms with Crippen molar-refractivity contribution < 1.29 is 129 Å². The number of hydrogen-bond acceptors (Lipinski definition) is 25. The minimum atomic E-state index is -4.67. The third-order valence-electron chi connectivity index (χ3n) is 17.1. The van der Waals surface area contributed by atoms with Gasteiger partial charge in [-0.1, -0.05) is 123 Å². The van der Waals surface area contributed by atoms with E-state index in [9.17, 15) is 111 Å². The highest BCUT2D eigenvalue weighted by atomic mass is 32.3. The van der Waals surface area contributed by atoms with Gasteiger partial charge in [-0.05, 0) is 121 Å². The maximum absolute atomic E-state index is 11.2. The Labute approximate surface area is 560 Å². The summed E-state index contributed by atoms with van der Waals surface area (Å²) in [7, 11) is -4.67. The van der Waals surface area contributed by atoms with Gasteiger partial charge in [0, 0.05) is 19.3 Å². The summed E-state index contributed by atoms with van der Waals surface area (Å²) >= 11 is 0. The molecule has 0 spiro atoms. The van der Waals surface area contributed by atoms with Gasteiger partial charge in [-0.25, -0.2) is 4.18 Å². The fraction of sp³-hybridized carbons (Fsp3) is 0.735. The van der Waals surface area contributed by atoms with Gasteiger partial charge < -0.3 is 112 Å². The van der Waals surface area contributed by atoms with E-state index in [0.29, 0.717) is 63.4 Å². The number of allylic oxidation sites excluding steroid dienone is 9. The largest absolute Gasteiger partial charge is 0.397 e. The van der Waals surface area contributed by atoms with E-state index in [1.165, 1.54) is 30.4 Å². The molecular formula is C68H116O26S. The summed E-state index contributed by atoms with van der Waals surface area (Å²) in [5, 5.41) is 214. The van der Waals surface area contributed by atoms with Crippen molar-refractivity contribution in [1.82, 2.24) is 0 Å². The van der Waals surface area contributed by atoms with Gasteiger partial charge in [-0.3, -0.25) is 4.55 Å². The molecule has 25 atom stereocenters. The lowest BCUT2D eigenvalue weighted by atomic mass is 9.87. The van der Waals surface area contributed by atoms with Crippen LogP contribution in [-0.2, 0) is 24.1 Å². The summed E-state index contributed by atoms with van der Waals surface area (Å²) in [5.74, 6) is -0.693. The molecule has 2 rings (SSSR count). The molecule has 27 heteroatoms.